The molecule has 1 aliphatic carbocycles. The summed E-state index contributed by atoms with van der Waals surface area (Å²) in [6.45, 7) is 8.10. The molecule has 4 heteroatoms. The summed E-state index contributed by atoms with van der Waals surface area (Å²) in [5.74, 6) is -0.803. The van der Waals surface area contributed by atoms with E-state index in [2.05, 4.69) is 6.08 Å². The van der Waals surface area contributed by atoms with E-state index < -0.39 is 17.4 Å². The Morgan fingerprint density at radius 3 is 2.14 bits per heavy atom. The molecule has 0 aromatic heterocycles. The molecule has 0 aromatic rings. The van der Waals surface area contributed by atoms with Crippen molar-refractivity contribution in [1.29, 1.82) is 0 Å². The molecule has 1 aliphatic rings. The number of rotatable bonds is 7. The van der Waals surface area contributed by atoms with Gasteiger partial charge in [-0.2, -0.15) is 0 Å². The normalized spacial score (nSPS) is 18.6. The molecule has 0 spiro atoms. The molecule has 4 nitrogen and oxygen atoms in total. The molecule has 0 fully saturated rings. The Morgan fingerprint density at radius 2 is 1.76 bits per heavy atom. The van der Waals surface area contributed by atoms with Crippen molar-refractivity contribution in [2.24, 2.45) is 17.3 Å². The minimum Gasteiger partial charge on any atom is -0.465 e. The zero-order chi connectivity index (χ0) is 15.9. The first-order valence-electron chi connectivity index (χ1n) is 8.00. The monoisotopic (exact) mass is 296 g/mol. The highest BCUT2D eigenvalue weighted by molar-refractivity contribution is 6.00. The van der Waals surface area contributed by atoms with Gasteiger partial charge in [0.15, 0.2) is 5.41 Å². The van der Waals surface area contributed by atoms with Crippen molar-refractivity contribution in [3.63, 3.8) is 0 Å². The van der Waals surface area contributed by atoms with E-state index in [1.54, 1.807) is 13.8 Å². The van der Waals surface area contributed by atoms with Crippen molar-refractivity contribution in [2.75, 3.05) is 13.2 Å². The van der Waals surface area contributed by atoms with E-state index in [9.17, 15) is 9.59 Å². The summed E-state index contributed by atoms with van der Waals surface area (Å²) in [6, 6.07) is 0. The highest BCUT2D eigenvalue weighted by Crippen LogP contribution is 2.43. The number of carbonyl (C=O) groups is 2. The second-order valence-corrected chi connectivity index (χ2v) is 5.98. The predicted molar refractivity (Wildman–Crippen MR) is 81.6 cm³/mol. The van der Waals surface area contributed by atoms with Crippen LogP contribution in [0.1, 0.15) is 53.4 Å². The maximum atomic E-state index is 12.7. The molecular formula is C17H28O4. The third-order valence-electron chi connectivity index (χ3n) is 3.90. The molecule has 1 atom stereocenters. The Balaban J connectivity index is 3.24. The number of hydrogen-bond donors (Lipinski definition) is 0. The maximum absolute atomic E-state index is 12.7. The van der Waals surface area contributed by atoms with Gasteiger partial charge in [-0.15, -0.1) is 0 Å². The first-order chi connectivity index (χ1) is 9.98. The minimum absolute atomic E-state index is 0.133. The smallest absolute Gasteiger partial charge is 0.324 e. The van der Waals surface area contributed by atoms with E-state index in [0.717, 1.165) is 19.3 Å². The number of hydrogen-bond acceptors (Lipinski definition) is 4. The van der Waals surface area contributed by atoms with Gasteiger partial charge < -0.3 is 9.47 Å². The lowest BCUT2D eigenvalue weighted by molar-refractivity contribution is -0.177. The third-order valence-corrected chi connectivity index (χ3v) is 3.90. The molecule has 0 N–H and O–H groups in total. The average Bonchev–Trinajstić information content (AvgIpc) is 2.45. The van der Waals surface area contributed by atoms with Gasteiger partial charge in [-0.05, 0) is 45.4 Å². The van der Waals surface area contributed by atoms with Crippen molar-refractivity contribution in [3.05, 3.63) is 12.2 Å². The molecular weight excluding hydrogens is 268 g/mol. The molecule has 1 rings (SSSR count). The van der Waals surface area contributed by atoms with E-state index in [0.29, 0.717) is 6.42 Å². The largest absolute Gasteiger partial charge is 0.465 e. The second kappa shape index (κ2) is 8.20. The number of allylic oxidation sites excluding steroid dienone is 2. The Morgan fingerprint density at radius 1 is 1.19 bits per heavy atom. The highest BCUT2D eigenvalue weighted by Gasteiger charge is 2.54. The van der Waals surface area contributed by atoms with Crippen LogP contribution in [0.15, 0.2) is 12.2 Å². The fourth-order valence-electron chi connectivity index (χ4n) is 3.09. The van der Waals surface area contributed by atoms with Crippen LogP contribution in [0.4, 0.5) is 0 Å². The average molecular weight is 296 g/mol. The zero-order valence-corrected chi connectivity index (χ0v) is 13.7. The molecule has 0 saturated heterocycles. The fraction of sp³-hybridized carbons (Fsp3) is 0.765. The van der Waals surface area contributed by atoms with Crippen molar-refractivity contribution >= 4 is 11.9 Å². The van der Waals surface area contributed by atoms with Gasteiger partial charge in [-0.25, -0.2) is 0 Å². The summed E-state index contributed by atoms with van der Waals surface area (Å²) in [4.78, 5) is 25.3. The van der Waals surface area contributed by atoms with Crippen molar-refractivity contribution < 1.29 is 19.1 Å². The molecule has 21 heavy (non-hydrogen) atoms. The zero-order valence-electron chi connectivity index (χ0n) is 13.7. The molecule has 0 aromatic carbocycles. The molecule has 0 aliphatic heterocycles. The Labute approximate surface area is 127 Å². The summed E-state index contributed by atoms with van der Waals surface area (Å²) in [5, 5.41) is 0. The van der Waals surface area contributed by atoms with Crippen LogP contribution in [0.3, 0.4) is 0 Å². The van der Waals surface area contributed by atoms with E-state index >= 15 is 0 Å². The van der Waals surface area contributed by atoms with Crippen LogP contribution in [-0.2, 0) is 19.1 Å². The van der Waals surface area contributed by atoms with E-state index in [4.69, 9.17) is 9.47 Å². The second-order valence-electron chi connectivity index (χ2n) is 5.98. The van der Waals surface area contributed by atoms with Crippen molar-refractivity contribution in [2.45, 2.75) is 53.4 Å². The number of ether oxygens (including phenoxy) is 2. The van der Waals surface area contributed by atoms with Gasteiger partial charge in [0.05, 0.1) is 13.2 Å². The lowest BCUT2D eigenvalue weighted by Gasteiger charge is -2.37. The molecule has 1 unspecified atom stereocenters. The van der Waals surface area contributed by atoms with Crippen LogP contribution in [0.2, 0.25) is 0 Å². The van der Waals surface area contributed by atoms with Crippen molar-refractivity contribution in [1.82, 2.24) is 0 Å². The fourth-order valence-corrected chi connectivity index (χ4v) is 3.09. The van der Waals surface area contributed by atoms with Gasteiger partial charge in [0, 0.05) is 5.92 Å². The SMILES string of the molecule is CCOC(=O)C(CC(C)C)(C(=O)OCC)C1C=CCCC1. The first kappa shape index (κ1) is 17.7. The predicted octanol–water partition coefficient (Wildman–Crippen LogP) is 3.50. The van der Waals surface area contributed by atoms with Crippen LogP contribution in [0, 0.1) is 17.3 Å². The van der Waals surface area contributed by atoms with E-state index in [-0.39, 0.29) is 25.0 Å². The highest BCUT2D eigenvalue weighted by atomic mass is 16.6. The molecule has 0 bridgehead atoms. The van der Waals surface area contributed by atoms with Crippen molar-refractivity contribution in [3.8, 4) is 0 Å². The molecule has 0 heterocycles. The van der Waals surface area contributed by atoms with Gasteiger partial charge >= 0.3 is 11.9 Å². The molecule has 0 amide bonds. The first-order valence-corrected chi connectivity index (χ1v) is 8.00. The maximum Gasteiger partial charge on any atom is 0.324 e. The molecule has 0 radical (unpaired) electrons. The number of esters is 2. The molecule has 120 valence electrons. The molecule has 0 saturated carbocycles. The lowest BCUT2D eigenvalue weighted by Crippen LogP contribution is -2.48. The van der Waals surface area contributed by atoms with Crippen LogP contribution < -0.4 is 0 Å². The Hall–Kier alpha value is -1.32. The van der Waals surface area contributed by atoms with Gasteiger partial charge in [0.25, 0.3) is 0 Å². The van der Waals surface area contributed by atoms with Gasteiger partial charge in [0.2, 0.25) is 0 Å². The van der Waals surface area contributed by atoms with E-state index in [1.807, 2.05) is 19.9 Å². The summed E-state index contributed by atoms with van der Waals surface area (Å²) in [5.41, 5.74) is -1.20. The Kier molecular flexibility index (Phi) is 6.93. The van der Waals surface area contributed by atoms with Crippen LogP contribution >= 0.6 is 0 Å². The minimum atomic E-state index is -1.20. The summed E-state index contributed by atoms with van der Waals surface area (Å²) >= 11 is 0. The topological polar surface area (TPSA) is 52.6 Å². The van der Waals surface area contributed by atoms with Crippen LogP contribution in [0.25, 0.3) is 0 Å². The summed E-state index contributed by atoms with van der Waals surface area (Å²) in [7, 11) is 0. The van der Waals surface area contributed by atoms with Crippen LogP contribution in [0.5, 0.6) is 0 Å². The summed E-state index contributed by atoms with van der Waals surface area (Å²) in [6.07, 6.45) is 7.32. The standard InChI is InChI=1S/C17H28O4/c1-5-20-15(18)17(12-13(3)4,16(19)21-6-2)14-10-8-7-9-11-14/h8,10,13-14H,5-7,9,11-12H2,1-4H3. The third kappa shape index (κ3) is 4.08. The Bertz CT molecular complexity index is 366. The van der Waals surface area contributed by atoms with E-state index in [1.165, 1.54) is 0 Å². The van der Waals surface area contributed by atoms with Gasteiger partial charge in [-0.3, -0.25) is 9.59 Å². The van der Waals surface area contributed by atoms with Gasteiger partial charge in [-0.1, -0.05) is 26.0 Å². The quantitative estimate of drug-likeness (QED) is 0.410. The number of carbonyl (C=O) groups excluding carboxylic acids is 2. The van der Waals surface area contributed by atoms with Crippen LogP contribution in [-0.4, -0.2) is 25.2 Å². The van der Waals surface area contributed by atoms with Gasteiger partial charge in [0.1, 0.15) is 0 Å². The summed E-state index contributed by atoms with van der Waals surface area (Å²) < 4.78 is 10.5. The lowest BCUT2D eigenvalue weighted by atomic mass is 9.67.